The highest BCUT2D eigenvalue weighted by Crippen LogP contribution is 2.32. The van der Waals surface area contributed by atoms with E-state index in [2.05, 4.69) is 54.0 Å². The van der Waals surface area contributed by atoms with Crippen molar-refractivity contribution in [3.63, 3.8) is 0 Å². The van der Waals surface area contributed by atoms with Gasteiger partial charge in [0.05, 0.1) is 11.2 Å². The zero-order valence-corrected chi connectivity index (χ0v) is 27.1. The molecule has 0 aliphatic heterocycles. The summed E-state index contributed by atoms with van der Waals surface area (Å²) in [5.74, 6) is 0. The van der Waals surface area contributed by atoms with Crippen molar-refractivity contribution in [1.29, 1.82) is 0 Å². The van der Waals surface area contributed by atoms with Crippen LogP contribution in [0.2, 0.25) is 0 Å². The highest BCUT2D eigenvalue weighted by molar-refractivity contribution is 5.90. The van der Waals surface area contributed by atoms with Gasteiger partial charge in [0.25, 0.3) is 0 Å². The number of nitrogens with zero attached hydrogens (tertiary/aromatic N) is 3. The van der Waals surface area contributed by atoms with Crippen LogP contribution in [0.25, 0.3) is 27.7 Å². The number of halogens is 3. The number of hydrogen-bond acceptors (Lipinski definition) is 3. The maximum atomic E-state index is 12.5. The van der Waals surface area contributed by atoms with Crippen LogP contribution in [0.1, 0.15) is 97.4 Å². The van der Waals surface area contributed by atoms with Crippen molar-refractivity contribution in [3.8, 4) is 11.3 Å². The quantitative estimate of drug-likeness (QED) is 0.220. The summed E-state index contributed by atoms with van der Waals surface area (Å²) in [6, 6.07) is 16.2. The summed E-state index contributed by atoms with van der Waals surface area (Å²) in [4.78, 5) is 3.54. The number of nitrogens with two attached hydrogens (primary N) is 1. The molecule has 0 unspecified atom stereocenters. The van der Waals surface area contributed by atoms with Crippen molar-refractivity contribution >= 4 is 22.2 Å². The second kappa shape index (κ2) is 20.3. The lowest BCUT2D eigenvalue weighted by Gasteiger charge is -2.09. The normalized spacial score (nSPS) is 10.1. The Morgan fingerprint density at radius 1 is 0.905 bits per heavy atom. The lowest BCUT2D eigenvalue weighted by atomic mass is 9.98. The standard InChI is InChI=1S/C18H24N2.C11H9F3N2.3C2H6/c1-4-5-6-8-11-15(2)17-14-20(3)19-18(17)16-12-9-7-10-13-16;1-6-2-3-9-7(4-6)8(15)5-10(16-9)11(12,13)14;3*1-2/h7,9-10,12-14H,2,4-6,8,11H2,1,3H3;2-5H,1H3,(H2,15,16);3*1-2H3. The van der Waals surface area contributed by atoms with E-state index in [-0.39, 0.29) is 11.2 Å². The van der Waals surface area contributed by atoms with Gasteiger partial charge in [0.15, 0.2) is 0 Å². The first-order valence-corrected chi connectivity index (χ1v) is 15.1. The Hall–Kier alpha value is -3.61. The van der Waals surface area contributed by atoms with Gasteiger partial charge in [-0.2, -0.15) is 18.3 Å². The first-order chi connectivity index (χ1) is 20.1. The van der Waals surface area contributed by atoms with Crippen molar-refractivity contribution in [3.05, 3.63) is 84.2 Å². The Morgan fingerprint density at radius 3 is 2.10 bits per heavy atom. The fourth-order valence-corrected chi connectivity index (χ4v) is 3.97. The Labute approximate surface area is 251 Å². The highest BCUT2D eigenvalue weighted by Gasteiger charge is 2.33. The second-order valence-electron chi connectivity index (χ2n) is 8.96. The van der Waals surface area contributed by atoms with Crippen LogP contribution in [0.3, 0.4) is 0 Å². The molecule has 2 aromatic carbocycles. The fourth-order valence-electron chi connectivity index (χ4n) is 3.97. The largest absolute Gasteiger partial charge is 0.433 e. The lowest BCUT2D eigenvalue weighted by molar-refractivity contribution is -0.140. The molecule has 0 radical (unpaired) electrons. The number of unbranched alkanes of at least 4 members (excludes halogenated alkanes) is 3. The molecule has 42 heavy (non-hydrogen) atoms. The van der Waals surface area contributed by atoms with E-state index in [0.717, 1.165) is 29.3 Å². The van der Waals surface area contributed by atoms with Gasteiger partial charge in [0.2, 0.25) is 0 Å². The maximum Gasteiger partial charge on any atom is 0.433 e. The van der Waals surface area contributed by atoms with Crippen LogP contribution in [-0.2, 0) is 13.2 Å². The van der Waals surface area contributed by atoms with Crippen LogP contribution in [0.15, 0.2) is 67.4 Å². The van der Waals surface area contributed by atoms with E-state index in [1.807, 2.05) is 66.3 Å². The molecule has 0 saturated carbocycles. The Balaban J connectivity index is 0.000000690. The molecule has 0 fully saturated rings. The molecule has 2 heterocycles. The predicted octanol–water partition coefficient (Wildman–Crippen LogP) is 11.3. The van der Waals surface area contributed by atoms with E-state index in [0.29, 0.717) is 5.39 Å². The molecule has 0 bridgehead atoms. The number of alkyl halides is 3. The number of nitrogen functional groups attached to an aromatic ring is 1. The summed E-state index contributed by atoms with van der Waals surface area (Å²) in [6.07, 6.45) is 3.77. The Morgan fingerprint density at radius 2 is 1.52 bits per heavy atom. The zero-order valence-electron chi connectivity index (χ0n) is 27.1. The summed E-state index contributed by atoms with van der Waals surface area (Å²) < 4.78 is 39.3. The van der Waals surface area contributed by atoms with Gasteiger partial charge in [0, 0.05) is 35.4 Å². The summed E-state index contributed by atoms with van der Waals surface area (Å²) in [6.45, 7) is 20.4. The minimum atomic E-state index is -4.47. The van der Waals surface area contributed by atoms with Crippen LogP contribution in [0.5, 0.6) is 0 Å². The second-order valence-corrected chi connectivity index (χ2v) is 8.96. The molecular weight excluding hydrogens is 533 g/mol. The first kappa shape index (κ1) is 38.4. The molecule has 0 aliphatic rings. The average Bonchev–Trinajstić information content (AvgIpc) is 3.40. The molecule has 4 rings (SSSR count). The number of hydrogen-bond donors (Lipinski definition) is 1. The van der Waals surface area contributed by atoms with Gasteiger partial charge in [-0.1, -0.05) is 116 Å². The zero-order chi connectivity index (χ0) is 32.3. The van der Waals surface area contributed by atoms with Gasteiger partial charge in [-0.25, -0.2) is 4.98 Å². The summed E-state index contributed by atoms with van der Waals surface area (Å²) >= 11 is 0. The third-order valence-corrected chi connectivity index (χ3v) is 5.88. The number of aromatic nitrogens is 3. The van der Waals surface area contributed by atoms with Crippen LogP contribution < -0.4 is 5.73 Å². The first-order valence-electron chi connectivity index (χ1n) is 15.1. The fraction of sp³-hybridized carbons (Fsp3) is 0.429. The number of fused-ring (bicyclic) bond motifs is 1. The van der Waals surface area contributed by atoms with E-state index in [1.165, 1.54) is 42.9 Å². The van der Waals surface area contributed by atoms with Gasteiger partial charge < -0.3 is 5.73 Å². The van der Waals surface area contributed by atoms with Crippen LogP contribution in [-0.4, -0.2) is 14.8 Å². The molecule has 232 valence electrons. The van der Waals surface area contributed by atoms with Crippen LogP contribution >= 0.6 is 0 Å². The Kier molecular flexibility index (Phi) is 18.6. The molecule has 4 aromatic rings. The minimum absolute atomic E-state index is 0.0982. The smallest absolute Gasteiger partial charge is 0.398 e. The van der Waals surface area contributed by atoms with Gasteiger partial charge in [-0.05, 0) is 43.5 Å². The van der Waals surface area contributed by atoms with Gasteiger partial charge in [-0.15, -0.1) is 0 Å². The summed E-state index contributed by atoms with van der Waals surface area (Å²) in [5, 5.41) is 5.15. The molecule has 0 spiro atoms. The van der Waals surface area contributed by atoms with Crippen molar-refractivity contribution in [2.45, 2.75) is 93.7 Å². The van der Waals surface area contributed by atoms with Crippen molar-refractivity contribution < 1.29 is 13.2 Å². The molecule has 4 nitrogen and oxygen atoms in total. The van der Waals surface area contributed by atoms with Gasteiger partial charge in [0.1, 0.15) is 5.69 Å². The van der Waals surface area contributed by atoms with Crippen molar-refractivity contribution in [1.82, 2.24) is 14.8 Å². The number of benzene rings is 2. The number of aryl methyl sites for hydroxylation is 2. The molecule has 0 saturated heterocycles. The lowest BCUT2D eigenvalue weighted by Crippen LogP contribution is -2.09. The van der Waals surface area contributed by atoms with E-state index in [1.54, 1.807) is 12.1 Å². The molecule has 7 heteroatoms. The third kappa shape index (κ3) is 12.1. The number of allylic oxidation sites excluding steroid dienone is 1. The topological polar surface area (TPSA) is 56.7 Å². The predicted molar refractivity (Wildman–Crippen MR) is 176 cm³/mol. The molecule has 2 aromatic heterocycles. The highest BCUT2D eigenvalue weighted by atomic mass is 19.4. The average molecular weight is 585 g/mol. The molecule has 0 amide bonds. The van der Waals surface area contributed by atoms with Crippen molar-refractivity contribution in [2.24, 2.45) is 7.05 Å². The van der Waals surface area contributed by atoms with E-state index >= 15 is 0 Å². The SMILES string of the molecule is C=C(CCCCCC)c1cn(C)nc1-c1ccccc1.CC.CC.CC.Cc1ccc2nc(C(F)(F)F)cc(N)c2c1. The number of rotatable bonds is 7. The van der Waals surface area contributed by atoms with E-state index in [4.69, 9.17) is 5.73 Å². The molecule has 0 aliphatic carbocycles. The van der Waals surface area contributed by atoms with E-state index < -0.39 is 11.9 Å². The number of pyridine rings is 1. The Bertz CT molecular complexity index is 1310. The van der Waals surface area contributed by atoms with Gasteiger partial charge >= 0.3 is 6.18 Å². The maximum absolute atomic E-state index is 12.5. The third-order valence-electron chi connectivity index (χ3n) is 5.88. The monoisotopic (exact) mass is 584 g/mol. The van der Waals surface area contributed by atoms with Gasteiger partial charge in [-0.3, -0.25) is 4.68 Å². The molecule has 0 atom stereocenters. The van der Waals surface area contributed by atoms with Crippen LogP contribution in [0.4, 0.5) is 18.9 Å². The molecular formula is C35H51F3N4. The molecule has 2 N–H and O–H groups in total. The van der Waals surface area contributed by atoms with Crippen LogP contribution in [0, 0.1) is 6.92 Å². The summed E-state index contributed by atoms with van der Waals surface area (Å²) in [5.41, 5.74) is 10.5. The minimum Gasteiger partial charge on any atom is -0.398 e. The van der Waals surface area contributed by atoms with Crippen molar-refractivity contribution in [2.75, 3.05) is 5.73 Å². The van der Waals surface area contributed by atoms with E-state index in [9.17, 15) is 13.2 Å². The summed E-state index contributed by atoms with van der Waals surface area (Å²) in [7, 11) is 1.97. The number of anilines is 1.